The van der Waals surface area contributed by atoms with E-state index in [2.05, 4.69) is 15.3 Å². The molecule has 36 heavy (non-hydrogen) atoms. The molecule has 0 spiro atoms. The Labute approximate surface area is 212 Å². The molecule has 11 heteroatoms. The average Bonchev–Trinajstić information content (AvgIpc) is 3.04. The molecule has 1 aromatic carbocycles. The second kappa shape index (κ2) is 11.4. The van der Waals surface area contributed by atoms with Crippen LogP contribution in [0, 0.1) is 6.92 Å². The molecule has 1 fully saturated rings. The molecule has 3 rings (SSSR count). The van der Waals surface area contributed by atoms with Crippen molar-refractivity contribution >= 4 is 18.9 Å². The van der Waals surface area contributed by atoms with Gasteiger partial charge in [-0.2, -0.15) is 0 Å². The van der Waals surface area contributed by atoms with Crippen LogP contribution < -0.4 is 15.8 Å². The standard InChI is InChI=1S/C25H35BN4O6/c1-16-28-14-18(21(29-16)22(27)31)19(15-33-6)23(32)30-20(12-13-34-17-10-8-7-9-11-17)26-35-24(2,3)25(4,5)36-26/h7-11,14,19-20H,12-13,15H2,1-6H3,(H2,27,31)(H,30,32)/t19-,20-/m0/s1. The number of aromatic nitrogens is 2. The molecule has 0 saturated carbocycles. The lowest BCUT2D eigenvalue weighted by Crippen LogP contribution is -2.50. The fourth-order valence-electron chi connectivity index (χ4n) is 3.84. The Balaban J connectivity index is 1.84. The number of primary amides is 1. The minimum atomic E-state index is -0.877. The molecular weight excluding hydrogens is 463 g/mol. The van der Waals surface area contributed by atoms with Gasteiger partial charge in [-0.1, -0.05) is 18.2 Å². The SMILES string of the molecule is COC[C@H](C(=O)N[C@@H](CCOc1ccccc1)B1OC(C)(C)C(C)(C)O1)c1cnc(C)nc1C(N)=O. The molecule has 0 radical (unpaired) electrons. The van der Waals surface area contributed by atoms with E-state index >= 15 is 0 Å². The summed E-state index contributed by atoms with van der Waals surface area (Å²) in [5, 5.41) is 3.03. The van der Waals surface area contributed by atoms with Crippen molar-refractivity contribution in [1.29, 1.82) is 0 Å². The van der Waals surface area contributed by atoms with Crippen LogP contribution in [0.3, 0.4) is 0 Å². The molecule has 0 aliphatic carbocycles. The number of nitrogens with zero attached hydrogens (tertiary/aromatic N) is 2. The minimum absolute atomic E-state index is 0.00482. The van der Waals surface area contributed by atoms with E-state index in [0.717, 1.165) is 5.75 Å². The summed E-state index contributed by atoms with van der Waals surface area (Å²) in [6, 6.07) is 9.40. The Morgan fingerprint density at radius 2 is 1.78 bits per heavy atom. The van der Waals surface area contributed by atoms with Crippen LogP contribution in [0.2, 0.25) is 0 Å². The number of ether oxygens (including phenoxy) is 2. The maximum atomic E-state index is 13.6. The second-order valence-electron chi connectivity index (χ2n) is 9.78. The summed E-state index contributed by atoms with van der Waals surface area (Å²) in [4.78, 5) is 33.9. The highest BCUT2D eigenvalue weighted by Gasteiger charge is 2.54. The van der Waals surface area contributed by atoms with E-state index < -0.39 is 42.0 Å². The third kappa shape index (κ3) is 6.40. The Bertz CT molecular complexity index is 1050. The summed E-state index contributed by atoms with van der Waals surface area (Å²) in [6.45, 7) is 9.74. The smallest absolute Gasteiger partial charge is 0.481 e. The maximum Gasteiger partial charge on any atom is 0.481 e. The highest BCUT2D eigenvalue weighted by atomic mass is 16.7. The van der Waals surface area contributed by atoms with Crippen molar-refractivity contribution in [2.45, 2.75) is 64.1 Å². The zero-order valence-corrected chi connectivity index (χ0v) is 21.7. The van der Waals surface area contributed by atoms with Crippen LogP contribution in [-0.4, -0.2) is 66.4 Å². The van der Waals surface area contributed by atoms with Crippen LogP contribution in [0.1, 0.15) is 61.9 Å². The first-order valence-electron chi connectivity index (χ1n) is 11.9. The Morgan fingerprint density at radius 3 is 2.36 bits per heavy atom. The molecular formula is C25H35BN4O6. The van der Waals surface area contributed by atoms with E-state index in [4.69, 9.17) is 24.5 Å². The molecule has 2 atom stereocenters. The van der Waals surface area contributed by atoms with Crippen molar-refractivity contribution in [1.82, 2.24) is 15.3 Å². The molecule has 3 N–H and O–H groups in total. The van der Waals surface area contributed by atoms with Gasteiger partial charge >= 0.3 is 7.12 Å². The van der Waals surface area contributed by atoms with E-state index in [1.807, 2.05) is 58.0 Å². The number of nitrogens with two attached hydrogens (primary N) is 1. The number of carbonyl (C=O) groups excluding carboxylic acids is 2. The number of methoxy groups -OCH3 is 1. The number of amides is 2. The lowest BCUT2D eigenvalue weighted by molar-refractivity contribution is -0.124. The first-order valence-corrected chi connectivity index (χ1v) is 11.9. The van der Waals surface area contributed by atoms with Crippen molar-refractivity contribution < 1.29 is 28.4 Å². The number of hydrogen-bond acceptors (Lipinski definition) is 8. The molecule has 1 saturated heterocycles. The van der Waals surface area contributed by atoms with Crippen molar-refractivity contribution in [3.63, 3.8) is 0 Å². The third-order valence-corrected chi connectivity index (χ3v) is 6.56. The van der Waals surface area contributed by atoms with Crippen LogP contribution >= 0.6 is 0 Å². The zero-order chi connectivity index (χ0) is 26.5. The number of nitrogens with one attached hydrogen (secondary N) is 1. The fourth-order valence-corrected chi connectivity index (χ4v) is 3.84. The number of benzene rings is 1. The van der Waals surface area contributed by atoms with Gasteiger partial charge < -0.3 is 29.8 Å². The van der Waals surface area contributed by atoms with Gasteiger partial charge in [0.25, 0.3) is 5.91 Å². The largest absolute Gasteiger partial charge is 0.494 e. The highest BCUT2D eigenvalue weighted by molar-refractivity contribution is 6.48. The van der Waals surface area contributed by atoms with Crippen LogP contribution in [0.25, 0.3) is 0 Å². The number of hydrogen-bond donors (Lipinski definition) is 2. The summed E-state index contributed by atoms with van der Waals surface area (Å²) in [6.07, 6.45) is 1.85. The molecule has 194 valence electrons. The summed E-state index contributed by atoms with van der Waals surface area (Å²) in [5.74, 6) is -1.48. The number of aryl methyl sites for hydroxylation is 1. The molecule has 1 aromatic heterocycles. The summed E-state index contributed by atoms with van der Waals surface area (Å²) in [5.41, 5.74) is 4.65. The van der Waals surface area contributed by atoms with Crippen molar-refractivity contribution in [3.05, 3.63) is 53.6 Å². The van der Waals surface area contributed by atoms with E-state index in [9.17, 15) is 9.59 Å². The predicted octanol–water partition coefficient (Wildman–Crippen LogP) is 2.20. The lowest BCUT2D eigenvalue weighted by Gasteiger charge is -2.32. The van der Waals surface area contributed by atoms with Gasteiger partial charge in [0, 0.05) is 25.3 Å². The minimum Gasteiger partial charge on any atom is -0.494 e. The summed E-state index contributed by atoms with van der Waals surface area (Å²) < 4.78 is 23.6. The van der Waals surface area contributed by atoms with Crippen LogP contribution in [0.4, 0.5) is 0 Å². The van der Waals surface area contributed by atoms with Gasteiger partial charge in [0.1, 0.15) is 17.3 Å². The van der Waals surface area contributed by atoms with Crippen LogP contribution in [0.15, 0.2) is 36.5 Å². The molecule has 2 heterocycles. The van der Waals surface area contributed by atoms with Crippen molar-refractivity contribution in [3.8, 4) is 5.75 Å². The first-order chi connectivity index (χ1) is 16.9. The van der Waals surface area contributed by atoms with Gasteiger partial charge in [0.2, 0.25) is 5.91 Å². The van der Waals surface area contributed by atoms with Gasteiger partial charge in [0.05, 0.1) is 36.3 Å². The Kier molecular flexibility index (Phi) is 8.70. The van der Waals surface area contributed by atoms with Gasteiger partial charge in [-0.05, 0) is 46.8 Å². The average molecular weight is 498 g/mol. The highest BCUT2D eigenvalue weighted by Crippen LogP contribution is 2.38. The third-order valence-electron chi connectivity index (χ3n) is 6.56. The van der Waals surface area contributed by atoms with Gasteiger partial charge in [0.15, 0.2) is 0 Å². The molecule has 0 bridgehead atoms. The van der Waals surface area contributed by atoms with E-state index in [0.29, 0.717) is 24.4 Å². The van der Waals surface area contributed by atoms with Crippen molar-refractivity contribution in [2.24, 2.45) is 5.73 Å². The van der Waals surface area contributed by atoms with E-state index in [1.165, 1.54) is 13.3 Å². The second-order valence-corrected chi connectivity index (χ2v) is 9.78. The Morgan fingerprint density at radius 1 is 1.14 bits per heavy atom. The summed E-state index contributed by atoms with van der Waals surface area (Å²) >= 11 is 0. The van der Waals surface area contributed by atoms with Crippen LogP contribution in [0.5, 0.6) is 5.75 Å². The monoisotopic (exact) mass is 498 g/mol. The van der Waals surface area contributed by atoms with E-state index in [-0.39, 0.29) is 12.3 Å². The molecule has 2 aromatic rings. The maximum absolute atomic E-state index is 13.6. The molecule has 0 unspecified atom stereocenters. The number of carbonyl (C=O) groups is 2. The fraction of sp³-hybridized carbons (Fsp3) is 0.520. The van der Waals surface area contributed by atoms with Crippen molar-refractivity contribution in [2.75, 3.05) is 20.3 Å². The quantitative estimate of drug-likeness (QED) is 0.451. The first kappa shape index (κ1) is 27.6. The van der Waals surface area contributed by atoms with Crippen LogP contribution in [-0.2, 0) is 18.8 Å². The van der Waals surface area contributed by atoms with Gasteiger partial charge in [-0.3, -0.25) is 9.59 Å². The van der Waals surface area contributed by atoms with E-state index in [1.54, 1.807) is 6.92 Å². The number of rotatable bonds is 11. The van der Waals surface area contributed by atoms with Gasteiger partial charge in [-0.25, -0.2) is 9.97 Å². The molecule has 10 nitrogen and oxygen atoms in total. The zero-order valence-electron chi connectivity index (χ0n) is 21.7. The normalized spacial score (nSPS) is 17.9. The summed E-state index contributed by atoms with van der Waals surface area (Å²) in [7, 11) is 0.755. The number of para-hydroxylation sites is 1. The Hall–Kier alpha value is -3.02. The van der Waals surface area contributed by atoms with Gasteiger partial charge in [-0.15, -0.1) is 0 Å². The molecule has 1 aliphatic rings. The topological polar surface area (TPSA) is 135 Å². The predicted molar refractivity (Wildman–Crippen MR) is 134 cm³/mol. The lowest BCUT2D eigenvalue weighted by atomic mass is 9.76. The molecule has 1 aliphatic heterocycles. The molecule has 2 amide bonds.